The average Bonchev–Trinajstić information content (AvgIpc) is 3.32. The third-order valence-electron chi connectivity index (χ3n) is 5.05. The lowest BCUT2D eigenvalue weighted by Gasteiger charge is -2.09. The zero-order chi connectivity index (χ0) is 22.8. The zero-order valence-corrected chi connectivity index (χ0v) is 17.6. The van der Waals surface area contributed by atoms with E-state index in [4.69, 9.17) is 0 Å². The molecule has 32 heavy (non-hydrogen) atoms. The molecule has 0 unspecified atom stereocenters. The second kappa shape index (κ2) is 8.74. The predicted molar refractivity (Wildman–Crippen MR) is 116 cm³/mol. The Bertz CT molecular complexity index is 1340. The highest BCUT2D eigenvalue weighted by Crippen LogP contribution is 2.25. The van der Waals surface area contributed by atoms with Gasteiger partial charge in [0.05, 0.1) is 6.54 Å². The van der Waals surface area contributed by atoms with Gasteiger partial charge in [0.15, 0.2) is 11.5 Å². The van der Waals surface area contributed by atoms with Gasteiger partial charge in [0.1, 0.15) is 0 Å². The molecule has 0 bridgehead atoms. The highest BCUT2D eigenvalue weighted by atomic mass is 19.3. The first-order valence-corrected chi connectivity index (χ1v) is 10.0. The number of aryl methyl sites for hydroxylation is 3. The molecule has 166 valence electrons. The van der Waals surface area contributed by atoms with Crippen LogP contribution in [0.5, 0.6) is 0 Å². The van der Waals surface area contributed by atoms with Gasteiger partial charge in [-0.1, -0.05) is 29.8 Å². The lowest BCUT2D eigenvalue weighted by atomic mass is 10.1. The highest BCUT2D eigenvalue weighted by molar-refractivity contribution is 5.89. The van der Waals surface area contributed by atoms with Gasteiger partial charge in [-0.15, -0.1) is 0 Å². The lowest BCUT2D eigenvalue weighted by Crippen LogP contribution is -2.24. The minimum atomic E-state index is -2.79. The number of carbonyl (C=O) groups is 1. The van der Waals surface area contributed by atoms with Crippen LogP contribution in [0.4, 0.5) is 14.6 Å². The first kappa shape index (κ1) is 21.4. The van der Waals surface area contributed by atoms with E-state index in [1.165, 1.54) is 15.4 Å². The summed E-state index contributed by atoms with van der Waals surface area (Å²) in [7, 11) is 1.59. The molecule has 10 heteroatoms. The van der Waals surface area contributed by atoms with Crippen molar-refractivity contribution < 1.29 is 13.6 Å². The van der Waals surface area contributed by atoms with Crippen molar-refractivity contribution in [2.45, 2.75) is 32.9 Å². The molecule has 0 aliphatic carbocycles. The second-order valence-electron chi connectivity index (χ2n) is 7.62. The smallest absolute Gasteiger partial charge is 0.264 e. The minimum Gasteiger partial charge on any atom is -0.309 e. The molecule has 0 fully saturated rings. The molecule has 3 aromatic heterocycles. The summed E-state index contributed by atoms with van der Waals surface area (Å²) in [5.74, 6) is 0.0470. The predicted octanol–water partition coefficient (Wildman–Crippen LogP) is 3.25. The van der Waals surface area contributed by atoms with Crippen LogP contribution < -0.4 is 10.9 Å². The van der Waals surface area contributed by atoms with Crippen LogP contribution in [-0.4, -0.2) is 30.0 Å². The molecule has 0 saturated heterocycles. The van der Waals surface area contributed by atoms with Gasteiger partial charge < -0.3 is 5.32 Å². The van der Waals surface area contributed by atoms with Crippen LogP contribution in [0.1, 0.15) is 29.5 Å². The van der Waals surface area contributed by atoms with E-state index in [1.807, 2.05) is 25.1 Å². The summed E-state index contributed by atoms with van der Waals surface area (Å²) in [4.78, 5) is 24.8. The summed E-state index contributed by atoms with van der Waals surface area (Å²) in [5.41, 5.74) is 1.39. The molecular formula is C22H22F2N6O2. The van der Waals surface area contributed by atoms with Crippen molar-refractivity contribution in [1.82, 2.24) is 24.1 Å². The van der Waals surface area contributed by atoms with Crippen LogP contribution in [0.2, 0.25) is 0 Å². The number of amides is 1. The fourth-order valence-electron chi connectivity index (χ4n) is 3.60. The fraction of sp³-hybridized carbons (Fsp3) is 0.273. The van der Waals surface area contributed by atoms with Crippen molar-refractivity contribution in [1.29, 1.82) is 0 Å². The summed E-state index contributed by atoms with van der Waals surface area (Å²) in [6, 6.07) is 10.7. The lowest BCUT2D eigenvalue weighted by molar-refractivity contribution is -0.116. The number of aromatic nitrogens is 5. The van der Waals surface area contributed by atoms with Crippen LogP contribution in [0.15, 0.2) is 53.6 Å². The number of fused-ring (bicyclic) bond motifs is 1. The largest absolute Gasteiger partial charge is 0.309 e. The summed E-state index contributed by atoms with van der Waals surface area (Å²) in [5, 5.41) is 11.4. The maximum atomic E-state index is 13.3. The summed E-state index contributed by atoms with van der Waals surface area (Å²) in [6.45, 7) is 2.59. The van der Waals surface area contributed by atoms with Gasteiger partial charge in [-0.2, -0.15) is 10.2 Å². The summed E-state index contributed by atoms with van der Waals surface area (Å²) < 4.78 is 30.9. The van der Waals surface area contributed by atoms with Gasteiger partial charge in [0, 0.05) is 55.5 Å². The van der Waals surface area contributed by atoms with Crippen molar-refractivity contribution in [3.63, 3.8) is 0 Å². The Hall–Kier alpha value is -3.82. The van der Waals surface area contributed by atoms with Crippen molar-refractivity contribution in [2.75, 3.05) is 5.32 Å². The monoisotopic (exact) mass is 440 g/mol. The number of hydrogen-bond acceptors (Lipinski definition) is 4. The number of alkyl halides is 2. The molecule has 4 aromatic rings. The molecule has 1 N–H and O–H groups in total. The van der Waals surface area contributed by atoms with E-state index in [0.29, 0.717) is 12.4 Å². The van der Waals surface area contributed by atoms with Gasteiger partial charge in [-0.3, -0.25) is 23.5 Å². The maximum absolute atomic E-state index is 13.3. The van der Waals surface area contributed by atoms with E-state index >= 15 is 0 Å². The third-order valence-corrected chi connectivity index (χ3v) is 5.05. The van der Waals surface area contributed by atoms with Crippen molar-refractivity contribution in [3.05, 3.63) is 75.8 Å². The first-order valence-electron chi connectivity index (χ1n) is 10.0. The molecule has 0 aliphatic rings. The number of carbonyl (C=O) groups excluding carboxylic acids is 1. The van der Waals surface area contributed by atoms with E-state index in [-0.39, 0.29) is 35.5 Å². The molecule has 3 heterocycles. The molecule has 0 saturated carbocycles. The number of hydrogen-bond donors (Lipinski definition) is 1. The zero-order valence-electron chi connectivity index (χ0n) is 17.6. The number of nitrogens with zero attached hydrogens (tertiary/aromatic N) is 5. The number of benzene rings is 1. The van der Waals surface area contributed by atoms with E-state index < -0.39 is 12.0 Å². The van der Waals surface area contributed by atoms with Crippen molar-refractivity contribution >= 4 is 22.8 Å². The van der Waals surface area contributed by atoms with Crippen LogP contribution >= 0.6 is 0 Å². The van der Waals surface area contributed by atoms with Crippen LogP contribution in [-0.2, 0) is 24.9 Å². The Morgan fingerprint density at radius 2 is 2.00 bits per heavy atom. The molecular weight excluding hydrogens is 418 g/mol. The minimum absolute atomic E-state index is 0.00565. The van der Waals surface area contributed by atoms with Gasteiger partial charge in [0.2, 0.25) is 5.91 Å². The van der Waals surface area contributed by atoms with E-state index in [0.717, 1.165) is 17.2 Å². The Balaban J connectivity index is 1.43. The van der Waals surface area contributed by atoms with Gasteiger partial charge >= 0.3 is 0 Å². The molecule has 1 amide bonds. The number of halogens is 2. The van der Waals surface area contributed by atoms with Crippen molar-refractivity contribution in [3.8, 4) is 0 Å². The third kappa shape index (κ3) is 4.58. The topological polar surface area (TPSA) is 86.7 Å². The van der Waals surface area contributed by atoms with Crippen LogP contribution in [0, 0.1) is 6.92 Å². The fourth-order valence-corrected chi connectivity index (χ4v) is 3.60. The van der Waals surface area contributed by atoms with Gasteiger partial charge in [-0.05, 0) is 12.5 Å². The number of nitrogens with one attached hydrogen (secondary N) is 1. The Morgan fingerprint density at radius 1 is 1.19 bits per heavy atom. The number of anilines is 1. The molecule has 0 aliphatic heterocycles. The molecule has 0 atom stereocenters. The Kier molecular flexibility index (Phi) is 5.85. The maximum Gasteiger partial charge on any atom is 0.264 e. The normalized spacial score (nSPS) is 11.4. The average molecular weight is 440 g/mol. The van der Waals surface area contributed by atoms with Gasteiger partial charge in [0.25, 0.3) is 12.0 Å². The van der Waals surface area contributed by atoms with E-state index in [9.17, 15) is 18.4 Å². The van der Waals surface area contributed by atoms with E-state index in [2.05, 4.69) is 21.6 Å². The van der Waals surface area contributed by atoms with E-state index in [1.54, 1.807) is 24.0 Å². The van der Waals surface area contributed by atoms with Crippen LogP contribution in [0.3, 0.4) is 0 Å². The highest BCUT2D eigenvalue weighted by Gasteiger charge is 2.19. The summed E-state index contributed by atoms with van der Waals surface area (Å²) in [6.07, 6.45) is 0.378. The molecule has 0 spiro atoms. The Labute approximate surface area is 182 Å². The first-order chi connectivity index (χ1) is 15.3. The quantitative estimate of drug-likeness (QED) is 0.478. The number of pyridine rings is 1. The standard InChI is InChI=1S/C22H22F2N6O2/c1-14-4-3-5-15(10-14)12-29-8-6-18(26-29)25-19(31)7-9-30-20(32)11-16(21(23)24)17-13-28(2)27-22(17)30/h3-6,8,10-11,13,21H,7,9,12H2,1-2H3,(H,25,26,31). The molecule has 0 radical (unpaired) electrons. The SMILES string of the molecule is Cc1cccc(Cn2ccc(NC(=O)CCn3c(=O)cc(C(F)F)c4cn(C)nc43)n2)c1. The molecule has 4 rings (SSSR count). The molecule has 8 nitrogen and oxygen atoms in total. The summed E-state index contributed by atoms with van der Waals surface area (Å²) >= 11 is 0. The Morgan fingerprint density at radius 3 is 2.75 bits per heavy atom. The van der Waals surface area contributed by atoms with Crippen LogP contribution in [0.25, 0.3) is 11.0 Å². The number of rotatable bonds is 7. The second-order valence-corrected chi connectivity index (χ2v) is 7.62. The van der Waals surface area contributed by atoms with Crippen molar-refractivity contribution in [2.24, 2.45) is 7.05 Å². The molecule has 1 aromatic carbocycles. The van der Waals surface area contributed by atoms with Gasteiger partial charge in [-0.25, -0.2) is 8.78 Å².